The number of aromatic nitrogens is 4. The maximum absolute atomic E-state index is 5.54. The van der Waals surface area contributed by atoms with E-state index in [-0.39, 0.29) is 0 Å². The van der Waals surface area contributed by atoms with Gasteiger partial charge in [0.15, 0.2) is 5.82 Å². The average Bonchev–Trinajstić information content (AvgIpc) is 3.82. The summed E-state index contributed by atoms with van der Waals surface area (Å²) >= 11 is 0. The van der Waals surface area contributed by atoms with Gasteiger partial charge >= 0.3 is 0 Å². The number of para-hydroxylation sites is 3. The molecule has 0 aliphatic carbocycles. The minimum Gasteiger partial charge on any atom is -0.308 e. The number of hydrogen-bond donors (Lipinski definition) is 0. The highest BCUT2D eigenvalue weighted by Gasteiger charge is 2.26. The normalized spacial score (nSPS) is 12.4. The summed E-state index contributed by atoms with van der Waals surface area (Å²) in [7, 11) is 0. The van der Waals surface area contributed by atoms with Crippen molar-refractivity contribution in [3.05, 3.63) is 158 Å². The SMILES string of the molecule is c1ccc2cc(-c3nc(-n4c5c6ccccc6ccc5c5cc6c7ccccc7n7c8ccccc8c(c54)c67)c4ccccc4n3)ccc2c1. The van der Waals surface area contributed by atoms with E-state index in [1.807, 2.05) is 0 Å². The van der Waals surface area contributed by atoms with Gasteiger partial charge in [-0.25, -0.2) is 9.97 Å². The van der Waals surface area contributed by atoms with Gasteiger partial charge < -0.3 is 4.40 Å². The van der Waals surface area contributed by atoms with E-state index in [0.29, 0.717) is 5.82 Å². The Bertz CT molecular complexity index is 3380. The Morgan fingerprint density at radius 1 is 0.380 bits per heavy atom. The van der Waals surface area contributed by atoms with E-state index in [2.05, 4.69) is 167 Å². The summed E-state index contributed by atoms with van der Waals surface area (Å²) in [4.78, 5) is 10.7. The molecule has 230 valence electrons. The Balaban J connectivity index is 1.34. The van der Waals surface area contributed by atoms with Gasteiger partial charge in [-0.3, -0.25) is 4.57 Å². The Morgan fingerprint density at radius 2 is 1.02 bits per heavy atom. The second-order valence-electron chi connectivity index (χ2n) is 13.4. The van der Waals surface area contributed by atoms with Crippen molar-refractivity contribution in [2.75, 3.05) is 0 Å². The first-order valence-corrected chi connectivity index (χ1v) is 17.1. The molecule has 8 aromatic carbocycles. The lowest BCUT2D eigenvalue weighted by Crippen LogP contribution is -2.03. The lowest BCUT2D eigenvalue weighted by Gasteiger charge is -2.14. The molecule has 50 heavy (non-hydrogen) atoms. The van der Waals surface area contributed by atoms with Crippen LogP contribution in [0.5, 0.6) is 0 Å². The highest BCUT2D eigenvalue weighted by molar-refractivity contribution is 6.35. The molecule has 4 heterocycles. The van der Waals surface area contributed by atoms with Gasteiger partial charge in [-0.2, -0.15) is 0 Å². The van der Waals surface area contributed by atoms with Crippen LogP contribution in [0.2, 0.25) is 0 Å². The zero-order valence-corrected chi connectivity index (χ0v) is 26.8. The number of fused-ring (bicyclic) bond motifs is 14. The minimum absolute atomic E-state index is 0.715. The summed E-state index contributed by atoms with van der Waals surface area (Å²) < 4.78 is 4.92. The summed E-state index contributed by atoms with van der Waals surface area (Å²) in [5, 5.41) is 13.3. The molecule has 0 saturated carbocycles. The molecule has 12 rings (SSSR count). The van der Waals surface area contributed by atoms with Crippen LogP contribution in [0.1, 0.15) is 0 Å². The largest absolute Gasteiger partial charge is 0.308 e. The molecule has 0 fully saturated rings. The van der Waals surface area contributed by atoms with Crippen molar-refractivity contribution in [2.24, 2.45) is 0 Å². The van der Waals surface area contributed by atoms with E-state index in [9.17, 15) is 0 Å². The minimum atomic E-state index is 0.715. The van der Waals surface area contributed by atoms with Crippen LogP contribution in [0.3, 0.4) is 0 Å². The van der Waals surface area contributed by atoms with Crippen LogP contribution in [0.15, 0.2) is 158 Å². The predicted octanol–water partition coefficient (Wildman–Crippen LogP) is 11.9. The third-order valence-corrected chi connectivity index (χ3v) is 10.8. The molecule has 0 spiro atoms. The Morgan fingerprint density at radius 3 is 1.88 bits per heavy atom. The van der Waals surface area contributed by atoms with Crippen molar-refractivity contribution in [3.8, 4) is 17.2 Å². The molecule has 0 radical (unpaired) electrons. The first-order valence-electron chi connectivity index (χ1n) is 17.1. The lowest BCUT2D eigenvalue weighted by molar-refractivity contribution is 1.08. The van der Waals surface area contributed by atoms with Gasteiger partial charge in [0, 0.05) is 48.7 Å². The second-order valence-corrected chi connectivity index (χ2v) is 13.4. The second kappa shape index (κ2) is 9.43. The lowest BCUT2D eigenvalue weighted by atomic mass is 10.0. The standard InChI is InChI=1S/C46H26N4/c1-2-13-29-25-30(22-21-27(29)11-1)45-47-38-18-8-5-16-34(38)46(48-45)50-42-31-14-4-3-12-28(31)23-24-33(42)37-26-36-32-15-6-9-19-39(32)49-40-20-10-7-17-35(40)41(43(36)49)44(37)50/h1-26H. The first-order chi connectivity index (χ1) is 24.8. The van der Waals surface area contributed by atoms with Crippen molar-refractivity contribution in [2.45, 2.75) is 0 Å². The van der Waals surface area contributed by atoms with Crippen LogP contribution >= 0.6 is 0 Å². The molecule has 4 heteroatoms. The zero-order chi connectivity index (χ0) is 32.5. The molecule has 0 aliphatic rings. The molecule has 0 saturated heterocycles. The Hall–Kier alpha value is -6.78. The molecule has 0 amide bonds. The van der Waals surface area contributed by atoms with E-state index in [4.69, 9.17) is 9.97 Å². The third kappa shape index (κ3) is 3.30. The fourth-order valence-corrected chi connectivity index (χ4v) is 8.66. The number of benzene rings is 8. The first kappa shape index (κ1) is 26.2. The van der Waals surface area contributed by atoms with Crippen molar-refractivity contribution >= 4 is 92.3 Å². The topological polar surface area (TPSA) is 35.1 Å². The third-order valence-electron chi connectivity index (χ3n) is 10.8. The predicted molar refractivity (Wildman–Crippen MR) is 209 cm³/mol. The average molecular weight is 635 g/mol. The van der Waals surface area contributed by atoms with Crippen molar-refractivity contribution in [1.82, 2.24) is 18.9 Å². The zero-order valence-electron chi connectivity index (χ0n) is 26.8. The fraction of sp³-hybridized carbons (Fsp3) is 0. The highest BCUT2D eigenvalue weighted by atomic mass is 15.1. The molecule has 0 unspecified atom stereocenters. The molecular weight excluding hydrogens is 609 g/mol. The van der Waals surface area contributed by atoms with Gasteiger partial charge in [-0.1, -0.05) is 121 Å². The number of hydrogen-bond acceptors (Lipinski definition) is 2. The highest BCUT2D eigenvalue weighted by Crippen LogP contribution is 2.47. The Kier molecular flexibility index (Phi) is 4.94. The van der Waals surface area contributed by atoms with Crippen LogP contribution in [0.25, 0.3) is 110 Å². The maximum Gasteiger partial charge on any atom is 0.162 e. The van der Waals surface area contributed by atoms with Gasteiger partial charge in [0.2, 0.25) is 0 Å². The molecule has 0 aliphatic heterocycles. The molecule has 0 atom stereocenters. The van der Waals surface area contributed by atoms with E-state index in [1.54, 1.807) is 0 Å². The summed E-state index contributed by atoms with van der Waals surface area (Å²) in [6, 6.07) is 56.9. The quantitative estimate of drug-likeness (QED) is 0.190. The van der Waals surface area contributed by atoms with Crippen LogP contribution in [-0.2, 0) is 0 Å². The number of rotatable bonds is 2. The molecule has 0 bridgehead atoms. The molecule has 12 aromatic rings. The molecule has 4 aromatic heterocycles. The molecule has 4 nitrogen and oxygen atoms in total. The number of nitrogens with zero attached hydrogens (tertiary/aromatic N) is 4. The monoisotopic (exact) mass is 634 g/mol. The van der Waals surface area contributed by atoms with Gasteiger partial charge in [0.25, 0.3) is 0 Å². The smallest absolute Gasteiger partial charge is 0.162 e. The van der Waals surface area contributed by atoms with Crippen molar-refractivity contribution < 1.29 is 0 Å². The van der Waals surface area contributed by atoms with E-state index in [0.717, 1.165) is 27.8 Å². The van der Waals surface area contributed by atoms with Crippen LogP contribution < -0.4 is 0 Å². The maximum atomic E-state index is 5.54. The van der Waals surface area contributed by atoms with Crippen LogP contribution in [-0.4, -0.2) is 18.9 Å². The van der Waals surface area contributed by atoms with Crippen LogP contribution in [0, 0.1) is 0 Å². The summed E-state index contributed by atoms with van der Waals surface area (Å²) in [5.41, 5.74) is 7.95. The van der Waals surface area contributed by atoms with E-state index < -0.39 is 0 Å². The molecular formula is C46H26N4. The van der Waals surface area contributed by atoms with E-state index in [1.165, 1.54) is 75.9 Å². The van der Waals surface area contributed by atoms with Gasteiger partial charge in [-0.05, 0) is 52.6 Å². The van der Waals surface area contributed by atoms with Gasteiger partial charge in [-0.15, -0.1) is 0 Å². The van der Waals surface area contributed by atoms with E-state index >= 15 is 0 Å². The van der Waals surface area contributed by atoms with Crippen molar-refractivity contribution in [1.29, 1.82) is 0 Å². The summed E-state index contributed by atoms with van der Waals surface area (Å²) in [6.45, 7) is 0. The Labute approximate surface area is 285 Å². The van der Waals surface area contributed by atoms with Crippen LogP contribution in [0.4, 0.5) is 0 Å². The van der Waals surface area contributed by atoms with Gasteiger partial charge in [0.1, 0.15) is 5.82 Å². The molecule has 0 N–H and O–H groups in total. The van der Waals surface area contributed by atoms with Gasteiger partial charge in [0.05, 0.1) is 33.1 Å². The summed E-state index contributed by atoms with van der Waals surface area (Å²) in [5.74, 6) is 1.60. The summed E-state index contributed by atoms with van der Waals surface area (Å²) in [6.07, 6.45) is 0. The van der Waals surface area contributed by atoms with Crippen molar-refractivity contribution in [3.63, 3.8) is 0 Å². The fourth-order valence-electron chi connectivity index (χ4n) is 8.66.